The van der Waals surface area contributed by atoms with Crippen LogP contribution in [0.5, 0.6) is 5.75 Å². The first-order chi connectivity index (χ1) is 15.7. The summed E-state index contributed by atoms with van der Waals surface area (Å²) in [5, 5.41) is 1.60. The van der Waals surface area contributed by atoms with Crippen molar-refractivity contribution in [2.75, 3.05) is 6.61 Å². The third-order valence-electron chi connectivity index (χ3n) is 8.02. The van der Waals surface area contributed by atoms with Crippen molar-refractivity contribution in [3.63, 3.8) is 0 Å². The maximum Gasteiger partial charge on any atom is 0.172 e. The van der Waals surface area contributed by atoms with Gasteiger partial charge in [0.15, 0.2) is 11.6 Å². The summed E-state index contributed by atoms with van der Waals surface area (Å²) in [5.74, 6) is 3.68. The van der Waals surface area contributed by atoms with E-state index in [9.17, 15) is 4.39 Å². The van der Waals surface area contributed by atoms with Crippen LogP contribution in [0.25, 0.3) is 10.8 Å². The van der Waals surface area contributed by atoms with Gasteiger partial charge < -0.3 is 4.74 Å². The van der Waals surface area contributed by atoms with Gasteiger partial charge in [0, 0.05) is 5.39 Å². The highest BCUT2D eigenvalue weighted by molar-refractivity contribution is 5.85. The van der Waals surface area contributed by atoms with E-state index in [0.717, 1.165) is 35.5 Å². The van der Waals surface area contributed by atoms with Gasteiger partial charge in [-0.2, -0.15) is 0 Å². The van der Waals surface area contributed by atoms with Crippen molar-refractivity contribution >= 4 is 10.8 Å². The van der Waals surface area contributed by atoms with Crippen molar-refractivity contribution in [2.24, 2.45) is 23.7 Å². The van der Waals surface area contributed by atoms with Crippen molar-refractivity contribution in [2.45, 2.75) is 71.1 Å². The van der Waals surface area contributed by atoms with Crippen LogP contribution in [-0.2, 0) is 6.42 Å². The van der Waals surface area contributed by atoms with Gasteiger partial charge in [-0.05, 0) is 99.0 Å². The molecule has 0 amide bonds. The van der Waals surface area contributed by atoms with Crippen molar-refractivity contribution in [3.8, 4) is 5.75 Å². The highest BCUT2D eigenvalue weighted by Gasteiger charge is 2.30. The van der Waals surface area contributed by atoms with Crippen molar-refractivity contribution in [1.29, 1.82) is 0 Å². The summed E-state index contributed by atoms with van der Waals surface area (Å²) in [7, 11) is 0. The molecule has 2 aliphatic carbocycles. The molecular weight excluding hydrogens is 395 g/mol. The number of halogens is 1. The van der Waals surface area contributed by atoms with Gasteiger partial charge >= 0.3 is 0 Å². The standard InChI is InChI=1S/C30H39FO/c1-3-5-22-8-13-25(14-9-22)26-15-10-23(11-16-26)6-7-24-12-18-28-27(21-24)17-19-29(30(28)31)32-20-4-2/h3-5,12,17-19,21-23,25-26H,2,6-11,13-16,20H2,1H3/b5-3+. The average molecular weight is 435 g/mol. The van der Waals surface area contributed by atoms with Crippen LogP contribution >= 0.6 is 0 Å². The van der Waals surface area contributed by atoms with Crippen LogP contribution in [0.4, 0.5) is 4.39 Å². The molecule has 0 spiro atoms. The fourth-order valence-corrected chi connectivity index (χ4v) is 6.14. The predicted octanol–water partition coefficient (Wildman–Crippen LogP) is 8.67. The largest absolute Gasteiger partial charge is 0.486 e. The SMILES string of the molecule is C=CCOc1ccc2cc(CCC3CCC(C4CCC(/C=C/C)CC4)CC3)ccc2c1F. The first-order valence-corrected chi connectivity index (χ1v) is 12.8. The van der Waals surface area contributed by atoms with Gasteiger partial charge in [0.05, 0.1) is 0 Å². The molecule has 172 valence electrons. The lowest BCUT2D eigenvalue weighted by atomic mass is 9.68. The molecule has 0 N–H and O–H groups in total. The molecule has 1 nitrogen and oxygen atoms in total. The summed E-state index contributed by atoms with van der Waals surface area (Å²) in [6.07, 6.45) is 20.0. The molecular formula is C30H39FO. The Labute approximate surface area is 193 Å². The number of hydrogen-bond acceptors (Lipinski definition) is 1. The minimum absolute atomic E-state index is 0.269. The molecule has 0 unspecified atom stereocenters. The smallest absolute Gasteiger partial charge is 0.172 e. The highest BCUT2D eigenvalue weighted by Crippen LogP contribution is 2.42. The Morgan fingerprint density at radius 1 is 0.969 bits per heavy atom. The molecule has 2 fully saturated rings. The Morgan fingerprint density at radius 2 is 1.69 bits per heavy atom. The van der Waals surface area contributed by atoms with Crippen LogP contribution in [-0.4, -0.2) is 6.61 Å². The first-order valence-electron chi connectivity index (χ1n) is 12.8. The quantitative estimate of drug-likeness (QED) is 0.378. The maximum atomic E-state index is 14.7. The first kappa shape index (κ1) is 23.1. The van der Waals surface area contributed by atoms with Gasteiger partial charge in [-0.15, -0.1) is 0 Å². The Balaban J connectivity index is 1.26. The van der Waals surface area contributed by atoms with Gasteiger partial charge in [0.1, 0.15) is 6.61 Å². The van der Waals surface area contributed by atoms with E-state index in [0.29, 0.717) is 17.7 Å². The van der Waals surface area contributed by atoms with E-state index in [2.05, 4.69) is 37.8 Å². The number of ether oxygens (including phenoxy) is 1. The number of fused-ring (bicyclic) bond motifs is 1. The fourth-order valence-electron chi connectivity index (χ4n) is 6.14. The Hall–Kier alpha value is -2.09. The predicted molar refractivity (Wildman–Crippen MR) is 134 cm³/mol. The molecule has 4 rings (SSSR count). The zero-order valence-electron chi connectivity index (χ0n) is 19.7. The Kier molecular flexibility index (Phi) is 8.05. The lowest BCUT2D eigenvalue weighted by Gasteiger charge is -2.37. The molecule has 2 aliphatic rings. The van der Waals surface area contributed by atoms with Crippen LogP contribution < -0.4 is 4.74 Å². The molecule has 0 bridgehead atoms. The van der Waals surface area contributed by atoms with Crippen molar-refractivity contribution in [3.05, 3.63) is 66.5 Å². The molecule has 32 heavy (non-hydrogen) atoms. The van der Waals surface area contributed by atoms with Gasteiger partial charge in [-0.1, -0.05) is 61.9 Å². The van der Waals surface area contributed by atoms with E-state index in [1.54, 1.807) is 12.1 Å². The summed E-state index contributed by atoms with van der Waals surface area (Å²) < 4.78 is 20.1. The second kappa shape index (κ2) is 11.2. The van der Waals surface area contributed by atoms with Crippen LogP contribution in [0.2, 0.25) is 0 Å². The third-order valence-corrected chi connectivity index (χ3v) is 8.02. The van der Waals surface area contributed by atoms with Gasteiger partial charge in [-0.25, -0.2) is 4.39 Å². The highest BCUT2D eigenvalue weighted by atomic mass is 19.1. The van der Waals surface area contributed by atoms with Gasteiger partial charge in [-0.3, -0.25) is 0 Å². The van der Waals surface area contributed by atoms with E-state index in [4.69, 9.17) is 4.74 Å². The molecule has 0 heterocycles. The summed E-state index contributed by atoms with van der Waals surface area (Å²) >= 11 is 0. The molecule has 2 aromatic rings. The van der Waals surface area contributed by atoms with Crippen molar-refractivity contribution in [1.82, 2.24) is 0 Å². The Morgan fingerprint density at radius 3 is 2.38 bits per heavy atom. The number of rotatable bonds is 8. The molecule has 0 radical (unpaired) electrons. The van der Waals surface area contributed by atoms with Crippen molar-refractivity contribution < 1.29 is 9.13 Å². The molecule has 0 atom stereocenters. The van der Waals surface area contributed by atoms with E-state index in [-0.39, 0.29) is 5.82 Å². The summed E-state index contributed by atoms with van der Waals surface area (Å²) in [5.41, 5.74) is 1.32. The zero-order valence-corrected chi connectivity index (χ0v) is 19.7. The number of allylic oxidation sites excluding steroid dienone is 2. The summed E-state index contributed by atoms with van der Waals surface area (Å²) in [6.45, 7) is 6.10. The monoisotopic (exact) mass is 434 g/mol. The Bertz CT molecular complexity index is 914. The molecule has 2 saturated carbocycles. The van der Waals surface area contributed by atoms with E-state index in [1.165, 1.54) is 63.4 Å². The minimum atomic E-state index is -0.269. The normalized spacial score (nSPS) is 26.4. The summed E-state index contributed by atoms with van der Waals surface area (Å²) in [4.78, 5) is 0. The third kappa shape index (κ3) is 5.63. The second-order valence-corrected chi connectivity index (χ2v) is 10.1. The topological polar surface area (TPSA) is 9.23 Å². The van der Waals surface area contributed by atoms with Crippen LogP contribution in [0, 0.1) is 29.5 Å². The number of aryl methyl sites for hydroxylation is 1. The fraction of sp³-hybridized carbons (Fsp3) is 0.533. The van der Waals surface area contributed by atoms with E-state index < -0.39 is 0 Å². The van der Waals surface area contributed by atoms with Crippen LogP contribution in [0.1, 0.15) is 70.3 Å². The minimum Gasteiger partial charge on any atom is -0.486 e. The van der Waals surface area contributed by atoms with Crippen LogP contribution in [0.3, 0.4) is 0 Å². The molecule has 0 saturated heterocycles. The lowest BCUT2D eigenvalue weighted by molar-refractivity contribution is 0.152. The summed E-state index contributed by atoms with van der Waals surface area (Å²) in [6, 6.07) is 9.87. The molecule has 2 heteroatoms. The average Bonchev–Trinajstić information content (AvgIpc) is 2.83. The maximum absolute atomic E-state index is 14.7. The second-order valence-electron chi connectivity index (χ2n) is 10.1. The van der Waals surface area contributed by atoms with Gasteiger partial charge in [0.25, 0.3) is 0 Å². The number of benzene rings is 2. The zero-order chi connectivity index (χ0) is 22.3. The van der Waals surface area contributed by atoms with Crippen LogP contribution in [0.15, 0.2) is 55.1 Å². The molecule has 0 aliphatic heterocycles. The van der Waals surface area contributed by atoms with E-state index in [1.807, 2.05) is 12.1 Å². The van der Waals surface area contributed by atoms with Gasteiger partial charge in [0.2, 0.25) is 0 Å². The van der Waals surface area contributed by atoms with E-state index >= 15 is 0 Å². The number of hydrogen-bond donors (Lipinski definition) is 0. The molecule has 0 aromatic heterocycles. The molecule has 2 aromatic carbocycles. The lowest BCUT2D eigenvalue weighted by Crippen LogP contribution is -2.25.